The summed E-state index contributed by atoms with van der Waals surface area (Å²) in [6, 6.07) is 13.2. The second-order valence-corrected chi connectivity index (χ2v) is 7.09. The molecule has 0 amide bonds. The van der Waals surface area contributed by atoms with E-state index in [4.69, 9.17) is 24.1 Å². The number of methoxy groups -OCH3 is 4. The third kappa shape index (κ3) is 6.49. The van der Waals surface area contributed by atoms with E-state index in [1.807, 2.05) is 66.8 Å². The predicted octanol–water partition coefficient (Wildman–Crippen LogP) is 4.26. The molecule has 0 aliphatic rings. The third-order valence-electron chi connectivity index (χ3n) is 4.87. The zero-order chi connectivity index (χ0) is 24.3. The first-order valence-corrected chi connectivity index (χ1v) is 10.6. The van der Waals surface area contributed by atoms with Gasteiger partial charge in [0.1, 0.15) is 0 Å². The lowest BCUT2D eigenvalue weighted by Gasteiger charge is -2.08. The number of hydrogen-bond donors (Lipinski definition) is 2. The minimum absolute atomic E-state index is 0.0219. The molecule has 2 aromatic carbocycles. The van der Waals surface area contributed by atoms with E-state index in [1.165, 1.54) is 0 Å². The highest BCUT2D eigenvalue weighted by Gasteiger charge is 2.05. The average molecular weight is 464 g/mol. The van der Waals surface area contributed by atoms with Crippen LogP contribution in [-0.4, -0.2) is 56.7 Å². The van der Waals surface area contributed by atoms with Crippen molar-refractivity contribution in [2.75, 3.05) is 46.9 Å². The summed E-state index contributed by atoms with van der Waals surface area (Å²) >= 11 is 0. The van der Waals surface area contributed by atoms with Crippen LogP contribution in [0.25, 0.3) is 24.3 Å². The Morgan fingerprint density at radius 1 is 0.676 bits per heavy atom. The molecule has 0 fully saturated rings. The molecule has 34 heavy (non-hydrogen) atoms. The monoisotopic (exact) mass is 463 g/mol. The summed E-state index contributed by atoms with van der Waals surface area (Å²) < 4.78 is 21.3. The van der Waals surface area contributed by atoms with Crippen molar-refractivity contribution >= 4 is 30.3 Å². The van der Waals surface area contributed by atoms with Crippen molar-refractivity contribution in [2.24, 2.45) is 0 Å². The van der Waals surface area contributed by atoms with Crippen molar-refractivity contribution in [1.82, 2.24) is 9.97 Å². The highest BCUT2D eigenvalue weighted by molar-refractivity contribution is 5.73. The minimum atomic E-state index is -0.0219. The summed E-state index contributed by atoms with van der Waals surface area (Å²) in [5.74, 6) is 3.06. The second kappa shape index (κ2) is 12.3. The number of aliphatic hydroxyl groups is 1. The molecule has 3 aromatic rings. The van der Waals surface area contributed by atoms with E-state index in [-0.39, 0.29) is 6.61 Å². The lowest BCUT2D eigenvalue weighted by atomic mass is 10.1. The fourth-order valence-corrected chi connectivity index (χ4v) is 3.18. The van der Waals surface area contributed by atoms with Crippen LogP contribution in [0, 0.1) is 0 Å². The molecule has 1 aromatic heterocycles. The number of aromatic nitrogens is 2. The van der Waals surface area contributed by atoms with Gasteiger partial charge in [-0.2, -0.15) is 0 Å². The van der Waals surface area contributed by atoms with Crippen LogP contribution >= 0.6 is 0 Å². The first kappa shape index (κ1) is 24.6. The first-order chi connectivity index (χ1) is 16.6. The minimum Gasteiger partial charge on any atom is -0.493 e. The number of ether oxygens (including phenoxy) is 4. The largest absolute Gasteiger partial charge is 0.493 e. The van der Waals surface area contributed by atoms with Crippen LogP contribution in [0.15, 0.2) is 42.5 Å². The maximum atomic E-state index is 9.16. The van der Waals surface area contributed by atoms with E-state index in [0.29, 0.717) is 46.9 Å². The molecule has 8 nitrogen and oxygen atoms in total. The molecule has 0 radical (unpaired) electrons. The van der Waals surface area contributed by atoms with Gasteiger partial charge < -0.3 is 29.4 Å². The van der Waals surface area contributed by atoms with Crippen LogP contribution in [0.1, 0.15) is 22.5 Å². The summed E-state index contributed by atoms with van der Waals surface area (Å²) in [7, 11) is 6.41. The Labute approximate surface area is 199 Å². The molecular formula is C26H29N3O5. The van der Waals surface area contributed by atoms with Gasteiger partial charge in [-0.1, -0.05) is 24.3 Å². The molecule has 178 valence electrons. The van der Waals surface area contributed by atoms with Gasteiger partial charge in [-0.3, -0.25) is 0 Å². The summed E-state index contributed by atoms with van der Waals surface area (Å²) in [5, 5.41) is 12.2. The molecule has 0 aliphatic carbocycles. The van der Waals surface area contributed by atoms with Crippen LogP contribution in [0.2, 0.25) is 0 Å². The number of nitrogens with zero attached hydrogens (tertiary/aromatic N) is 2. The van der Waals surface area contributed by atoms with Crippen molar-refractivity contribution in [3.63, 3.8) is 0 Å². The second-order valence-electron chi connectivity index (χ2n) is 7.09. The number of rotatable bonds is 11. The smallest absolute Gasteiger partial charge is 0.223 e. The fourth-order valence-electron chi connectivity index (χ4n) is 3.18. The average Bonchev–Trinajstić information content (AvgIpc) is 2.89. The van der Waals surface area contributed by atoms with Gasteiger partial charge in [0.05, 0.1) is 46.4 Å². The van der Waals surface area contributed by atoms with Crippen LogP contribution < -0.4 is 24.3 Å². The number of nitrogens with one attached hydrogen (secondary N) is 1. The lowest BCUT2D eigenvalue weighted by molar-refractivity contribution is 0.311. The summed E-state index contributed by atoms with van der Waals surface area (Å²) in [4.78, 5) is 9.04. The van der Waals surface area contributed by atoms with Crippen LogP contribution in [0.4, 0.5) is 5.95 Å². The molecular weight excluding hydrogens is 434 g/mol. The molecule has 0 unspecified atom stereocenters. The molecule has 2 N–H and O–H groups in total. The van der Waals surface area contributed by atoms with E-state index >= 15 is 0 Å². The molecule has 8 heteroatoms. The molecule has 0 saturated carbocycles. The molecule has 0 aliphatic heterocycles. The Balaban J connectivity index is 1.89. The Kier molecular flexibility index (Phi) is 8.88. The number of aliphatic hydroxyl groups excluding tert-OH is 1. The topological polar surface area (TPSA) is 95.0 Å². The molecule has 3 rings (SSSR count). The highest BCUT2D eigenvalue weighted by Crippen LogP contribution is 2.29. The van der Waals surface area contributed by atoms with Crippen LogP contribution in [0.3, 0.4) is 0 Å². The van der Waals surface area contributed by atoms with E-state index in [0.717, 1.165) is 11.1 Å². The van der Waals surface area contributed by atoms with Gasteiger partial charge in [-0.15, -0.1) is 0 Å². The molecule has 0 atom stereocenters. The van der Waals surface area contributed by atoms with Crippen LogP contribution in [0.5, 0.6) is 23.0 Å². The zero-order valence-electron chi connectivity index (χ0n) is 19.7. The number of anilines is 1. The van der Waals surface area contributed by atoms with Crippen molar-refractivity contribution in [3.8, 4) is 23.0 Å². The summed E-state index contributed by atoms with van der Waals surface area (Å²) in [6.07, 6.45) is 7.64. The Bertz CT molecular complexity index is 1080. The normalized spacial score (nSPS) is 11.1. The van der Waals surface area contributed by atoms with Gasteiger partial charge in [0, 0.05) is 6.54 Å². The van der Waals surface area contributed by atoms with Crippen molar-refractivity contribution in [2.45, 2.75) is 0 Å². The van der Waals surface area contributed by atoms with E-state index in [9.17, 15) is 0 Å². The van der Waals surface area contributed by atoms with Crippen molar-refractivity contribution in [1.29, 1.82) is 0 Å². The van der Waals surface area contributed by atoms with E-state index in [2.05, 4.69) is 15.3 Å². The first-order valence-electron chi connectivity index (χ1n) is 10.6. The molecule has 0 spiro atoms. The molecule has 0 saturated heterocycles. The lowest BCUT2D eigenvalue weighted by Crippen LogP contribution is -2.09. The van der Waals surface area contributed by atoms with Crippen molar-refractivity contribution in [3.05, 3.63) is 65.0 Å². The third-order valence-corrected chi connectivity index (χ3v) is 4.87. The van der Waals surface area contributed by atoms with E-state index < -0.39 is 0 Å². The Morgan fingerprint density at radius 3 is 1.56 bits per heavy atom. The summed E-state index contributed by atoms with van der Waals surface area (Å²) in [6.45, 7) is 0.327. The fraction of sp³-hybridized carbons (Fsp3) is 0.231. The van der Waals surface area contributed by atoms with Gasteiger partial charge in [-0.25, -0.2) is 9.97 Å². The van der Waals surface area contributed by atoms with Gasteiger partial charge in [-0.05, 0) is 53.6 Å². The van der Waals surface area contributed by atoms with Gasteiger partial charge in [0.25, 0.3) is 0 Å². The SMILES string of the molecule is COc1ccc(/C=C/c2cc(/C=C/c3ccc(OC)c(OC)c3)nc(NCCO)n2)cc1OC. The van der Waals surface area contributed by atoms with Gasteiger partial charge >= 0.3 is 0 Å². The van der Waals surface area contributed by atoms with E-state index in [1.54, 1.807) is 28.4 Å². The van der Waals surface area contributed by atoms with Gasteiger partial charge in [0.15, 0.2) is 23.0 Å². The highest BCUT2D eigenvalue weighted by atomic mass is 16.5. The molecule has 1 heterocycles. The maximum absolute atomic E-state index is 9.16. The quantitative estimate of drug-likeness (QED) is 0.436. The van der Waals surface area contributed by atoms with Crippen LogP contribution in [-0.2, 0) is 0 Å². The Morgan fingerprint density at radius 2 is 1.15 bits per heavy atom. The summed E-state index contributed by atoms with van der Waals surface area (Å²) in [5.41, 5.74) is 3.28. The van der Waals surface area contributed by atoms with Gasteiger partial charge in [0.2, 0.25) is 5.95 Å². The zero-order valence-corrected chi connectivity index (χ0v) is 19.7. The predicted molar refractivity (Wildman–Crippen MR) is 135 cm³/mol. The van der Waals surface area contributed by atoms with Crippen molar-refractivity contribution < 1.29 is 24.1 Å². The maximum Gasteiger partial charge on any atom is 0.223 e. The molecule has 0 bridgehead atoms. The standard InChI is InChI=1S/C26H29N3O5/c1-31-22-11-7-18(15-24(22)33-3)5-9-20-17-21(29-26(28-20)27-13-14-30)10-6-19-8-12-23(32-2)25(16-19)34-4/h5-12,15-17,30H,13-14H2,1-4H3,(H,27,28,29)/b9-5+,10-6+. The number of hydrogen-bond acceptors (Lipinski definition) is 8. The Hall–Kier alpha value is -4.04. The number of benzene rings is 2.